The Morgan fingerprint density at radius 1 is 1.07 bits per heavy atom. The molecule has 0 atom stereocenters. The summed E-state index contributed by atoms with van der Waals surface area (Å²) in [5.74, 6) is -0.423. The first-order chi connectivity index (χ1) is 7.18. The van der Waals surface area contributed by atoms with Crippen LogP contribution in [0, 0.1) is 0 Å². The minimum atomic E-state index is -0.170. The first-order valence-electron chi connectivity index (χ1n) is 4.47. The summed E-state index contributed by atoms with van der Waals surface area (Å²) in [6.07, 6.45) is 6.05. The van der Waals surface area contributed by atoms with Crippen molar-refractivity contribution in [2.24, 2.45) is 0 Å². The van der Waals surface area contributed by atoms with E-state index in [2.05, 4.69) is 0 Å². The zero-order valence-corrected chi connectivity index (χ0v) is 7.84. The molecule has 0 unspecified atom stereocenters. The number of hydrogen-bond donors (Lipinski definition) is 3. The first-order valence-corrected chi connectivity index (χ1v) is 4.47. The molecule has 0 amide bonds. The van der Waals surface area contributed by atoms with Crippen LogP contribution in [0.1, 0.15) is 0 Å². The molecule has 0 aromatic heterocycles. The lowest BCUT2D eigenvalue weighted by atomic mass is 10.2. The Labute approximate surface area is 86.4 Å². The zero-order chi connectivity index (χ0) is 10.8. The van der Waals surface area contributed by atoms with E-state index in [1.165, 1.54) is 18.2 Å². The van der Waals surface area contributed by atoms with Gasteiger partial charge in [-0.25, -0.2) is 4.90 Å². The summed E-state index contributed by atoms with van der Waals surface area (Å²) in [5.41, 5.74) is 0.509. The monoisotopic (exact) mass is 204 g/mol. The third kappa shape index (κ3) is 1.75. The predicted octanol–water partition coefficient (Wildman–Crippen LogP) is 0.224. The molecule has 1 aromatic rings. The van der Waals surface area contributed by atoms with Gasteiger partial charge in [0.2, 0.25) is 5.75 Å². The molecule has 1 heterocycles. The number of ketones is 1. The van der Waals surface area contributed by atoms with Crippen LogP contribution in [0.3, 0.4) is 0 Å². The number of rotatable bonds is 1. The van der Waals surface area contributed by atoms with Gasteiger partial charge in [0.25, 0.3) is 0 Å². The van der Waals surface area contributed by atoms with Gasteiger partial charge in [0.05, 0.1) is 0 Å². The number of nitrogens with one attached hydrogen (secondary N) is 1. The molecule has 76 valence electrons. The van der Waals surface area contributed by atoms with Gasteiger partial charge in [-0.2, -0.15) is 0 Å². The Hall–Kier alpha value is -2.07. The summed E-state index contributed by atoms with van der Waals surface area (Å²) in [4.78, 5) is 11.6. The molecular weight excluding hydrogens is 194 g/mol. The fourth-order valence-corrected chi connectivity index (χ4v) is 1.40. The molecule has 0 spiro atoms. The third-order valence-corrected chi connectivity index (χ3v) is 2.18. The van der Waals surface area contributed by atoms with Crippen LogP contribution in [0.15, 0.2) is 42.8 Å². The lowest BCUT2D eigenvalue weighted by Gasteiger charge is -2.12. The van der Waals surface area contributed by atoms with Gasteiger partial charge in [-0.1, -0.05) is 6.07 Å². The van der Waals surface area contributed by atoms with Crippen LogP contribution in [0.5, 0.6) is 11.5 Å². The highest BCUT2D eigenvalue weighted by Crippen LogP contribution is 2.29. The molecule has 0 bridgehead atoms. The van der Waals surface area contributed by atoms with E-state index in [-0.39, 0.29) is 17.3 Å². The molecule has 1 aliphatic rings. The van der Waals surface area contributed by atoms with Gasteiger partial charge in [-0.3, -0.25) is 4.79 Å². The maximum atomic E-state index is 10.9. The van der Waals surface area contributed by atoms with Crippen molar-refractivity contribution < 1.29 is 19.9 Å². The van der Waals surface area contributed by atoms with E-state index in [4.69, 9.17) is 0 Å². The number of carbonyl (C=O) groups is 1. The molecule has 4 heteroatoms. The lowest BCUT2D eigenvalue weighted by Crippen LogP contribution is -2.97. The van der Waals surface area contributed by atoms with Crippen LogP contribution in [0.25, 0.3) is 0 Å². The molecule has 0 fully saturated rings. The molecule has 3 N–H and O–H groups in total. The van der Waals surface area contributed by atoms with Gasteiger partial charge in [-0.15, -0.1) is 0 Å². The highest BCUT2D eigenvalue weighted by atomic mass is 16.3. The van der Waals surface area contributed by atoms with Crippen molar-refractivity contribution in [1.29, 1.82) is 0 Å². The van der Waals surface area contributed by atoms with Crippen LogP contribution < -0.4 is 4.90 Å². The van der Waals surface area contributed by atoms with E-state index in [9.17, 15) is 15.0 Å². The number of phenolic OH excluding ortho intramolecular Hbond substituents is 2. The topological polar surface area (TPSA) is 62.0 Å². The number of para-hydroxylation sites is 1. The summed E-state index contributed by atoms with van der Waals surface area (Å²) < 4.78 is 0. The van der Waals surface area contributed by atoms with E-state index in [1.807, 2.05) is 0 Å². The normalized spacial score (nSPS) is 15.9. The van der Waals surface area contributed by atoms with Gasteiger partial charge in [0.1, 0.15) is 12.4 Å². The summed E-state index contributed by atoms with van der Waals surface area (Å²) in [7, 11) is 0. The highest BCUT2D eigenvalue weighted by Gasteiger charge is 2.17. The van der Waals surface area contributed by atoms with E-state index < -0.39 is 0 Å². The van der Waals surface area contributed by atoms with Crippen molar-refractivity contribution in [2.75, 3.05) is 0 Å². The number of allylic oxidation sites excluding steroid dienone is 2. The smallest absolute Gasteiger partial charge is 0.220 e. The number of phenols is 2. The summed E-state index contributed by atoms with van der Waals surface area (Å²) >= 11 is 0. The Morgan fingerprint density at radius 3 is 2.40 bits per heavy atom. The predicted molar refractivity (Wildman–Crippen MR) is 53.7 cm³/mol. The van der Waals surface area contributed by atoms with Crippen LogP contribution in [0.4, 0.5) is 5.69 Å². The SMILES string of the molecule is O=C1C=C[NH+](c2cccc(O)c2O)C=C1. The quantitative estimate of drug-likeness (QED) is 0.574. The number of aromatic hydroxyl groups is 2. The maximum absolute atomic E-state index is 10.9. The highest BCUT2D eigenvalue weighted by molar-refractivity contribution is 5.99. The van der Waals surface area contributed by atoms with Gasteiger partial charge < -0.3 is 10.2 Å². The van der Waals surface area contributed by atoms with Crippen molar-refractivity contribution in [2.45, 2.75) is 0 Å². The largest absolute Gasteiger partial charge is 0.504 e. The van der Waals surface area contributed by atoms with Crippen molar-refractivity contribution in [3.05, 3.63) is 42.8 Å². The maximum Gasteiger partial charge on any atom is 0.220 e. The van der Waals surface area contributed by atoms with E-state index in [1.54, 1.807) is 24.5 Å². The molecule has 0 saturated heterocycles. The van der Waals surface area contributed by atoms with Crippen molar-refractivity contribution in [1.82, 2.24) is 0 Å². The second-order valence-corrected chi connectivity index (χ2v) is 3.20. The van der Waals surface area contributed by atoms with Crippen LogP contribution in [0.2, 0.25) is 0 Å². The number of carbonyl (C=O) groups excluding carboxylic acids is 1. The molecule has 0 saturated carbocycles. The number of hydrogen-bond acceptors (Lipinski definition) is 3. The van der Waals surface area contributed by atoms with Crippen molar-refractivity contribution in [3.8, 4) is 11.5 Å². The van der Waals surface area contributed by atoms with Gasteiger partial charge >= 0.3 is 0 Å². The molecule has 4 nitrogen and oxygen atoms in total. The molecule has 0 aliphatic carbocycles. The Balaban J connectivity index is 2.39. The summed E-state index contributed by atoms with van der Waals surface area (Å²) in [6.45, 7) is 0. The molecule has 1 aliphatic heterocycles. The average Bonchev–Trinajstić information content (AvgIpc) is 2.24. The second-order valence-electron chi connectivity index (χ2n) is 3.20. The fraction of sp³-hybridized carbons (Fsp3) is 0. The van der Waals surface area contributed by atoms with Gasteiger partial charge in [0, 0.05) is 18.2 Å². The third-order valence-electron chi connectivity index (χ3n) is 2.18. The Bertz CT molecular complexity index is 447. The van der Waals surface area contributed by atoms with E-state index in [0.717, 1.165) is 0 Å². The van der Waals surface area contributed by atoms with Crippen molar-refractivity contribution in [3.63, 3.8) is 0 Å². The van der Waals surface area contributed by atoms with E-state index in [0.29, 0.717) is 10.6 Å². The molecule has 2 rings (SSSR count). The standard InChI is InChI=1S/C11H9NO3/c13-8-4-6-12(7-5-8)9-2-1-3-10(14)11(9)15/h1-7,14-15H/p+1. The average molecular weight is 204 g/mol. The molecular formula is C11H10NO3+. The van der Waals surface area contributed by atoms with Crippen molar-refractivity contribution >= 4 is 11.5 Å². The summed E-state index contributed by atoms with van der Waals surface area (Å²) in [5, 5.41) is 18.9. The van der Waals surface area contributed by atoms with Crippen LogP contribution in [-0.2, 0) is 4.79 Å². The first kappa shape index (κ1) is 9.48. The fourth-order valence-electron chi connectivity index (χ4n) is 1.40. The molecule has 15 heavy (non-hydrogen) atoms. The number of quaternary nitrogens is 1. The lowest BCUT2D eigenvalue weighted by molar-refractivity contribution is -0.713. The second kappa shape index (κ2) is 3.59. The zero-order valence-electron chi connectivity index (χ0n) is 7.84. The van der Waals surface area contributed by atoms with E-state index >= 15 is 0 Å². The minimum absolute atomic E-state index is 0.0848. The minimum Gasteiger partial charge on any atom is -0.504 e. The Morgan fingerprint density at radius 2 is 1.73 bits per heavy atom. The number of benzene rings is 1. The van der Waals surface area contributed by atoms with Gasteiger partial charge in [-0.05, 0) is 6.07 Å². The van der Waals surface area contributed by atoms with Crippen LogP contribution >= 0.6 is 0 Å². The van der Waals surface area contributed by atoms with Crippen LogP contribution in [-0.4, -0.2) is 16.0 Å². The molecule has 0 radical (unpaired) electrons. The molecule has 1 aromatic carbocycles. The Kier molecular flexibility index (Phi) is 2.27. The van der Waals surface area contributed by atoms with Gasteiger partial charge in [0.15, 0.2) is 17.2 Å². The summed E-state index contributed by atoms with van der Waals surface area (Å²) in [6, 6.07) is 4.71.